The fourth-order valence-corrected chi connectivity index (χ4v) is 3.73. The van der Waals surface area contributed by atoms with Crippen LogP contribution >= 0.6 is 0 Å². The number of carbonyl (C=O) groups excluding carboxylic acids is 1. The SMILES string of the molecule is CN1C(=O)[C@@](C)(C[C@H]2CCC[C@H](Nc3cnccn3)C2)N=C1N. The Bertz CT molecular complexity index is 604. The third-order valence-electron chi connectivity index (χ3n) is 4.85. The second-order valence-corrected chi connectivity index (χ2v) is 6.78. The summed E-state index contributed by atoms with van der Waals surface area (Å²) in [6.07, 6.45) is 10.2. The fourth-order valence-electron chi connectivity index (χ4n) is 3.73. The Labute approximate surface area is 136 Å². The molecule has 3 rings (SSSR count). The molecular weight excluding hydrogens is 292 g/mol. The fraction of sp³-hybridized carbons (Fsp3) is 0.625. The van der Waals surface area contributed by atoms with Gasteiger partial charge in [0.05, 0.1) is 6.20 Å². The van der Waals surface area contributed by atoms with Crippen molar-refractivity contribution in [2.24, 2.45) is 16.6 Å². The van der Waals surface area contributed by atoms with Gasteiger partial charge in [0.1, 0.15) is 11.4 Å². The van der Waals surface area contributed by atoms with Crippen molar-refractivity contribution in [1.82, 2.24) is 14.9 Å². The minimum atomic E-state index is -0.710. The van der Waals surface area contributed by atoms with E-state index < -0.39 is 5.54 Å². The lowest BCUT2D eigenvalue weighted by Crippen LogP contribution is -2.42. The Kier molecular flexibility index (Phi) is 4.19. The molecular formula is C16H24N6O. The lowest BCUT2D eigenvalue weighted by atomic mass is 9.78. The first-order valence-corrected chi connectivity index (χ1v) is 8.14. The Morgan fingerprint density at radius 3 is 2.91 bits per heavy atom. The van der Waals surface area contributed by atoms with E-state index in [1.54, 1.807) is 25.6 Å². The molecule has 0 bridgehead atoms. The van der Waals surface area contributed by atoms with Gasteiger partial charge in [-0.05, 0) is 32.1 Å². The van der Waals surface area contributed by atoms with E-state index in [-0.39, 0.29) is 5.91 Å². The molecule has 3 N–H and O–H groups in total. The van der Waals surface area contributed by atoms with E-state index in [0.717, 1.165) is 37.9 Å². The zero-order valence-electron chi connectivity index (χ0n) is 13.7. The maximum Gasteiger partial charge on any atom is 0.256 e. The number of rotatable bonds is 4. The number of anilines is 1. The topological polar surface area (TPSA) is 96.5 Å². The highest BCUT2D eigenvalue weighted by molar-refractivity contribution is 6.06. The van der Waals surface area contributed by atoms with Crippen molar-refractivity contribution in [2.75, 3.05) is 12.4 Å². The number of nitrogens with one attached hydrogen (secondary N) is 1. The van der Waals surface area contributed by atoms with Crippen LogP contribution < -0.4 is 11.1 Å². The molecule has 7 nitrogen and oxygen atoms in total. The van der Waals surface area contributed by atoms with Gasteiger partial charge in [-0.1, -0.05) is 12.8 Å². The number of hydrogen-bond donors (Lipinski definition) is 2. The minimum absolute atomic E-state index is 0.000918. The molecule has 1 fully saturated rings. The molecule has 7 heteroatoms. The van der Waals surface area contributed by atoms with Crippen LogP contribution in [0.2, 0.25) is 0 Å². The maximum atomic E-state index is 12.4. The van der Waals surface area contributed by atoms with Gasteiger partial charge in [-0.25, -0.2) is 9.98 Å². The third kappa shape index (κ3) is 3.28. The Hall–Kier alpha value is -2.18. The summed E-state index contributed by atoms with van der Waals surface area (Å²) in [5, 5.41) is 3.45. The lowest BCUT2D eigenvalue weighted by Gasteiger charge is -2.33. The molecule has 0 saturated heterocycles. The van der Waals surface area contributed by atoms with E-state index in [2.05, 4.69) is 20.3 Å². The second kappa shape index (κ2) is 6.14. The predicted molar refractivity (Wildman–Crippen MR) is 88.8 cm³/mol. The van der Waals surface area contributed by atoms with Crippen molar-refractivity contribution in [2.45, 2.75) is 50.6 Å². The van der Waals surface area contributed by atoms with E-state index >= 15 is 0 Å². The molecule has 0 unspecified atom stereocenters. The van der Waals surface area contributed by atoms with Gasteiger partial charge >= 0.3 is 0 Å². The average molecular weight is 316 g/mol. The smallest absolute Gasteiger partial charge is 0.256 e. The van der Waals surface area contributed by atoms with Gasteiger partial charge in [-0.15, -0.1) is 0 Å². The monoisotopic (exact) mass is 316 g/mol. The number of nitrogens with zero attached hydrogens (tertiary/aromatic N) is 4. The van der Waals surface area contributed by atoms with Crippen LogP contribution in [-0.2, 0) is 4.79 Å². The molecule has 3 atom stereocenters. The maximum absolute atomic E-state index is 12.4. The number of amides is 1. The van der Waals surface area contributed by atoms with Gasteiger partial charge in [-0.3, -0.25) is 14.7 Å². The average Bonchev–Trinajstić information content (AvgIpc) is 2.72. The summed E-state index contributed by atoms with van der Waals surface area (Å²) in [6, 6.07) is 0.365. The van der Waals surface area contributed by atoms with Gasteiger partial charge in [0.2, 0.25) is 0 Å². The molecule has 23 heavy (non-hydrogen) atoms. The van der Waals surface area contributed by atoms with Crippen LogP contribution in [0.5, 0.6) is 0 Å². The van der Waals surface area contributed by atoms with E-state index in [4.69, 9.17) is 5.73 Å². The molecule has 1 aromatic rings. The summed E-state index contributed by atoms with van der Waals surface area (Å²) in [6.45, 7) is 1.89. The van der Waals surface area contributed by atoms with Crippen molar-refractivity contribution < 1.29 is 4.79 Å². The summed E-state index contributed by atoms with van der Waals surface area (Å²) in [5.41, 5.74) is 5.10. The third-order valence-corrected chi connectivity index (χ3v) is 4.85. The minimum Gasteiger partial charge on any atom is -0.369 e. The largest absolute Gasteiger partial charge is 0.369 e. The number of carbonyl (C=O) groups is 1. The molecule has 2 heterocycles. The van der Waals surface area contributed by atoms with E-state index in [1.165, 1.54) is 4.90 Å². The molecule has 1 amide bonds. The molecule has 124 valence electrons. The van der Waals surface area contributed by atoms with Gasteiger partial charge in [0.15, 0.2) is 5.96 Å². The first kappa shape index (κ1) is 15.7. The van der Waals surface area contributed by atoms with E-state index in [9.17, 15) is 4.79 Å². The molecule has 2 aliphatic rings. The summed E-state index contributed by atoms with van der Waals surface area (Å²) < 4.78 is 0. The van der Waals surface area contributed by atoms with Gasteiger partial charge in [0, 0.05) is 25.5 Å². The molecule has 1 saturated carbocycles. The highest BCUT2D eigenvalue weighted by Gasteiger charge is 2.44. The first-order valence-electron chi connectivity index (χ1n) is 8.14. The number of nitrogens with two attached hydrogens (primary N) is 1. The van der Waals surface area contributed by atoms with Gasteiger partial charge < -0.3 is 11.1 Å². The summed E-state index contributed by atoms with van der Waals surface area (Å²) in [7, 11) is 1.69. The van der Waals surface area contributed by atoms with Crippen LogP contribution in [0.25, 0.3) is 0 Å². The Balaban J connectivity index is 1.62. The summed E-state index contributed by atoms with van der Waals surface area (Å²) >= 11 is 0. The highest BCUT2D eigenvalue weighted by atomic mass is 16.2. The number of likely N-dealkylation sites (N-methyl/N-ethyl adjacent to an activating group) is 1. The van der Waals surface area contributed by atoms with Crippen molar-refractivity contribution in [1.29, 1.82) is 0 Å². The van der Waals surface area contributed by atoms with Crippen LogP contribution in [0.4, 0.5) is 5.82 Å². The van der Waals surface area contributed by atoms with Crippen LogP contribution in [0.1, 0.15) is 39.0 Å². The molecule has 0 spiro atoms. The van der Waals surface area contributed by atoms with Gasteiger partial charge in [0.25, 0.3) is 5.91 Å². The number of aromatic nitrogens is 2. The lowest BCUT2D eigenvalue weighted by molar-refractivity contribution is -0.130. The van der Waals surface area contributed by atoms with Crippen LogP contribution in [0, 0.1) is 5.92 Å². The highest BCUT2D eigenvalue weighted by Crippen LogP contribution is 2.35. The zero-order chi connectivity index (χ0) is 16.4. The van der Waals surface area contributed by atoms with Crippen LogP contribution in [0.15, 0.2) is 23.6 Å². The molecule has 0 aromatic carbocycles. The van der Waals surface area contributed by atoms with Crippen molar-refractivity contribution in [3.8, 4) is 0 Å². The van der Waals surface area contributed by atoms with Crippen LogP contribution in [-0.4, -0.2) is 45.4 Å². The quantitative estimate of drug-likeness (QED) is 0.875. The van der Waals surface area contributed by atoms with E-state index in [0.29, 0.717) is 17.9 Å². The van der Waals surface area contributed by atoms with Crippen molar-refractivity contribution in [3.05, 3.63) is 18.6 Å². The summed E-state index contributed by atoms with van der Waals surface area (Å²) in [4.78, 5) is 26.6. The summed E-state index contributed by atoms with van der Waals surface area (Å²) in [5.74, 6) is 1.58. The molecule has 1 aliphatic carbocycles. The Morgan fingerprint density at radius 1 is 1.43 bits per heavy atom. The normalized spacial score (nSPS) is 31.1. The molecule has 0 radical (unpaired) electrons. The number of aliphatic imine (C=N–C) groups is 1. The predicted octanol–water partition coefficient (Wildman–Crippen LogP) is 1.38. The molecule has 1 aromatic heterocycles. The van der Waals surface area contributed by atoms with Crippen molar-refractivity contribution in [3.63, 3.8) is 0 Å². The molecule has 1 aliphatic heterocycles. The zero-order valence-corrected chi connectivity index (χ0v) is 13.7. The van der Waals surface area contributed by atoms with E-state index in [1.807, 2.05) is 6.92 Å². The van der Waals surface area contributed by atoms with Gasteiger partial charge in [-0.2, -0.15) is 0 Å². The number of guanidine groups is 1. The Morgan fingerprint density at radius 2 is 2.26 bits per heavy atom. The second-order valence-electron chi connectivity index (χ2n) is 6.78. The first-order chi connectivity index (χ1) is 11.0. The van der Waals surface area contributed by atoms with Crippen LogP contribution in [0.3, 0.4) is 0 Å². The standard InChI is InChI=1S/C16H24N6O/c1-16(14(23)22(2)15(17)21-16)9-11-4-3-5-12(8-11)20-13-10-18-6-7-19-13/h6-7,10-12H,3-5,8-9H2,1-2H3,(H2,17,21)(H,19,20)/t11-,12-,16+/m0/s1. The number of hydrogen-bond acceptors (Lipinski definition) is 6. The van der Waals surface area contributed by atoms with Crippen molar-refractivity contribution >= 4 is 17.7 Å².